The molecule has 0 saturated heterocycles. The van der Waals surface area contributed by atoms with Crippen molar-refractivity contribution in [3.63, 3.8) is 0 Å². The summed E-state index contributed by atoms with van der Waals surface area (Å²) in [6.45, 7) is 2.83. The van der Waals surface area contributed by atoms with Crippen LogP contribution in [0.3, 0.4) is 0 Å². The molecule has 0 radical (unpaired) electrons. The van der Waals surface area contributed by atoms with E-state index in [1.165, 1.54) is 21.9 Å². The molecule has 2 aliphatic rings. The quantitative estimate of drug-likeness (QED) is 0.390. The Bertz CT molecular complexity index is 1210. The van der Waals surface area contributed by atoms with Gasteiger partial charge in [0.15, 0.2) is 0 Å². The van der Waals surface area contributed by atoms with Crippen LogP contribution in [0.15, 0.2) is 53.5 Å². The van der Waals surface area contributed by atoms with Crippen LogP contribution in [-0.4, -0.2) is 66.0 Å². The van der Waals surface area contributed by atoms with Crippen molar-refractivity contribution in [1.82, 2.24) is 10.2 Å². The molecule has 1 aliphatic carbocycles. The molecule has 1 fully saturated rings. The van der Waals surface area contributed by atoms with Crippen molar-refractivity contribution < 1.29 is 27.9 Å². The highest BCUT2D eigenvalue weighted by Crippen LogP contribution is 2.38. The number of aliphatic hydroxyl groups excluding tert-OH is 1. The fraction of sp³-hybridized carbons (Fsp3) is 0.500. The lowest BCUT2D eigenvalue weighted by Crippen LogP contribution is -2.60. The van der Waals surface area contributed by atoms with Gasteiger partial charge in [-0.15, -0.1) is 0 Å². The Morgan fingerprint density at radius 2 is 1.85 bits per heavy atom. The Morgan fingerprint density at radius 1 is 1.18 bits per heavy atom. The summed E-state index contributed by atoms with van der Waals surface area (Å²) in [6, 6.07) is 11.8. The van der Waals surface area contributed by atoms with Gasteiger partial charge in [0.2, 0.25) is 12.6 Å². The minimum atomic E-state index is -4.49. The average Bonchev–Trinajstić information content (AvgIpc) is 3.38. The first-order valence-corrected chi connectivity index (χ1v) is 13.9. The summed E-state index contributed by atoms with van der Waals surface area (Å²) >= 11 is 0. The van der Waals surface area contributed by atoms with Gasteiger partial charge in [0.05, 0.1) is 28.6 Å². The summed E-state index contributed by atoms with van der Waals surface area (Å²) in [5.74, 6) is -0.407. The highest BCUT2D eigenvalue weighted by atomic mass is 19.4. The van der Waals surface area contributed by atoms with E-state index in [-0.39, 0.29) is 0 Å². The molecule has 40 heavy (non-hydrogen) atoms. The Balaban J connectivity index is 1.73. The van der Waals surface area contributed by atoms with E-state index in [9.17, 15) is 27.9 Å². The van der Waals surface area contributed by atoms with Crippen LogP contribution in [0, 0.1) is 0 Å². The number of benzodiazepines with no additional fused rings is 1. The van der Waals surface area contributed by atoms with Crippen molar-refractivity contribution in [3.8, 4) is 0 Å². The number of hydrogen-bond donors (Lipinski definition) is 2. The van der Waals surface area contributed by atoms with Crippen LogP contribution < -0.4 is 10.2 Å². The maximum atomic E-state index is 13.9. The van der Waals surface area contributed by atoms with E-state index in [0.29, 0.717) is 61.3 Å². The normalized spacial score (nSPS) is 19.6. The van der Waals surface area contributed by atoms with Crippen LogP contribution >= 0.6 is 0 Å². The number of unbranched alkanes of at least 4 members (excludes halogenated alkanes) is 1. The standard InChI is InChI=1S/C30H37F3N4O3/c1-3-4-9-23(39)18-34-19-29(16-7-8-17-29)37(20-38)27-28(40)36(2)25-11-6-5-10-24(25)26(35-27)21-12-14-22(15-13-21)30(31,32)33/h5-6,10-15,20,23,27,34,39H,3-4,7-9,16-19H2,1-2H3. The third kappa shape index (κ3) is 6.23. The molecule has 7 nitrogen and oxygen atoms in total. The second-order valence-corrected chi connectivity index (χ2v) is 10.7. The van der Waals surface area contributed by atoms with E-state index < -0.39 is 35.5 Å². The lowest BCUT2D eigenvalue weighted by atomic mass is 9.94. The molecule has 10 heteroatoms. The first kappa shape index (κ1) is 29.7. The number of nitrogens with zero attached hydrogens (tertiary/aromatic N) is 3. The van der Waals surface area contributed by atoms with Gasteiger partial charge in [-0.2, -0.15) is 13.2 Å². The molecule has 0 bridgehead atoms. The maximum absolute atomic E-state index is 13.9. The predicted molar refractivity (Wildman–Crippen MR) is 148 cm³/mol. The third-order valence-electron chi connectivity index (χ3n) is 7.99. The molecule has 2 N–H and O–H groups in total. The Labute approximate surface area is 233 Å². The number of nitrogens with one attached hydrogen (secondary N) is 1. The molecule has 4 rings (SSSR count). The number of carbonyl (C=O) groups is 2. The van der Waals surface area contributed by atoms with Crippen molar-refractivity contribution in [2.45, 2.75) is 75.9 Å². The largest absolute Gasteiger partial charge is 0.416 e. The van der Waals surface area contributed by atoms with Gasteiger partial charge in [0, 0.05) is 31.3 Å². The fourth-order valence-electron chi connectivity index (χ4n) is 5.74. The number of fused-ring (bicyclic) bond motifs is 1. The second kappa shape index (κ2) is 12.5. The summed E-state index contributed by atoms with van der Waals surface area (Å²) in [5, 5.41) is 13.7. The monoisotopic (exact) mass is 558 g/mol. The first-order chi connectivity index (χ1) is 19.1. The van der Waals surface area contributed by atoms with Gasteiger partial charge in [-0.3, -0.25) is 9.59 Å². The van der Waals surface area contributed by atoms with Crippen LogP contribution in [0.25, 0.3) is 0 Å². The second-order valence-electron chi connectivity index (χ2n) is 10.7. The van der Waals surface area contributed by atoms with Crippen molar-refractivity contribution in [2.24, 2.45) is 4.99 Å². The fourth-order valence-corrected chi connectivity index (χ4v) is 5.74. The molecule has 1 aliphatic heterocycles. The molecule has 0 spiro atoms. The van der Waals surface area contributed by atoms with Gasteiger partial charge >= 0.3 is 6.18 Å². The number of aliphatic imine (C=N–C) groups is 1. The van der Waals surface area contributed by atoms with E-state index in [1.54, 1.807) is 31.3 Å². The predicted octanol–water partition coefficient (Wildman–Crippen LogP) is 4.76. The maximum Gasteiger partial charge on any atom is 0.416 e. The van der Waals surface area contributed by atoms with Crippen molar-refractivity contribution in [1.29, 1.82) is 0 Å². The highest BCUT2D eigenvalue weighted by Gasteiger charge is 2.46. The highest BCUT2D eigenvalue weighted by molar-refractivity contribution is 6.20. The number of likely N-dealkylation sites (N-methyl/N-ethyl adjacent to an activating group) is 1. The number of amides is 2. The number of carbonyl (C=O) groups excluding carboxylic acids is 2. The van der Waals surface area contributed by atoms with E-state index in [4.69, 9.17) is 4.99 Å². The molecule has 1 heterocycles. The van der Waals surface area contributed by atoms with Gasteiger partial charge in [-0.05, 0) is 37.5 Å². The average molecular weight is 559 g/mol. The van der Waals surface area contributed by atoms with Gasteiger partial charge in [0.1, 0.15) is 0 Å². The molecule has 2 amide bonds. The molecular weight excluding hydrogens is 521 g/mol. The van der Waals surface area contributed by atoms with Crippen LogP contribution in [-0.2, 0) is 15.8 Å². The topological polar surface area (TPSA) is 85.2 Å². The molecular formula is C30H37F3N4O3. The number of aliphatic hydroxyl groups is 1. The minimum Gasteiger partial charge on any atom is -0.392 e. The van der Waals surface area contributed by atoms with Crippen molar-refractivity contribution in [2.75, 3.05) is 25.0 Å². The van der Waals surface area contributed by atoms with Crippen molar-refractivity contribution in [3.05, 3.63) is 65.2 Å². The molecule has 2 aromatic rings. The van der Waals surface area contributed by atoms with Gasteiger partial charge in [-0.25, -0.2) is 4.99 Å². The van der Waals surface area contributed by atoms with E-state index in [1.807, 2.05) is 0 Å². The zero-order valence-electron chi connectivity index (χ0n) is 23.0. The lowest BCUT2D eigenvalue weighted by molar-refractivity contribution is -0.137. The van der Waals surface area contributed by atoms with Crippen LogP contribution in [0.2, 0.25) is 0 Å². The molecule has 216 valence electrons. The Kier molecular flexibility index (Phi) is 9.30. The Hall–Kier alpha value is -3.24. The number of benzene rings is 2. The minimum absolute atomic E-state index is 0.343. The van der Waals surface area contributed by atoms with Crippen molar-refractivity contribution >= 4 is 23.7 Å². The van der Waals surface area contributed by atoms with E-state index in [2.05, 4.69) is 12.2 Å². The lowest BCUT2D eigenvalue weighted by Gasteiger charge is -2.42. The summed E-state index contributed by atoms with van der Waals surface area (Å²) in [6.07, 6.45) is 0.112. The molecule has 2 atom stereocenters. The van der Waals surface area contributed by atoms with Crippen LogP contribution in [0.4, 0.5) is 18.9 Å². The third-order valence-corrected chi connectivity index (χ3v) is 7.99. The number of alkyl halides is 3. The zero-order chi connectivity index (χ0) is 28.9. The number of halogens is 3. The van der Waals surface area contributed by atoms with Gasteiger partial charge in [0.25, 0.3) is 5.91 Å². The molecule has 0 aromatic heterocycles. The number of para-hydroxylation sites is 1. The summed E-state index contributed by atoms with van der Waals surface area (Å²) in [4.78, 5) is 34.4. The van der Waals surface area contributed by atoms with E-state index in [0.717, 1.165) is 37.8 Å². The number of rotatable bonds is 11. The summed E-state index contributed by atoms with van der Waals surface area (Å²) < 4.78 is 39.8. The summed E-state index contributed by atoms with van der Waals surface area (Å²) in [7, 11) is 1.62. The first-order valence-electron chi connectivity index (χ1n) is 13.9. The van der Waals surface area contributed by atoms with Gasteiger partial charge < -0.3 is 20.2 Å². The molecule has 1 saturated carbocycles. The smallest absolute Gasteiger partial charge is 0.392 e. The SMILES string of the molecule is CCCCC(O)CNCC1(N(C=O)C2N=C(c3ccc(C(F)(F)F)cc3)c3ccccc3N(C)C2=O)CCCC1. The molecule has 2 unspecified atom stereocenters. The molecule has 2 aromatic carbocycles. The number of hydrogen-bond acceptors (Lipinski definition) is 5. The van der Waals surface area contributed by atoms with Crippen LogP contribution in [0.5, 0.6) is 0 Å². The number of anilines is 1. The van der Waals surface area contributed by atoms with E-state index >= 15 is 0 Å². The Morgan fingerprint density at radius 3 is 2.48 bits per heavy atom. The zero-order valence-corrected chi connectivity index (χ0v) is 23.0. The van der Waals surface area contributed by atoms with Gasteiger partial charge in [-0.1, -0.05) is 62.9 Å². The van der Waals surface area contributed by atoms with Crippen LogP contribution in [0.1, 0.15) is 68.6 Å². The summed E-state index contributed by atoms with van der Waals surface area (Å²) in [5.41, 5.74) is 0.418.